The molecule has 2 rings (SSSR count). The van der Waals surface area contributed by atoms with Crippen LogP contribution in [0.2, 0.25) is 0 Å². The van der Waals surface area contributed by atoms with E-state index >= 15 is 0 Å². The van der Waals surface area contributed by atoms with Gasteiger partial charge in [0, 0.05) is 23.2 Å². The number of fused-ring (bicyclic) bond motifs is 1. The largest absolute Gasteiger partial charge is 0.381 e. The first kappa shape index (κ1) is 11.6. The molecule has 1 aliphatic heterocycles. The summed E-state index contributed by atoms with van der Waals surface area (Å²) in [5.74, 6) is 0. The number of anilines is 2. The van der Waals surface area contributed by atoms with Gasteiger partial charge >= 0.3 is 0 Å². The van der Waals surface area contributed by atoms with E-state index in [1.54, 1.807) is 0 Å². The summed E-state index contributed by atoms with van der Waals surface area (Å²) in [6.07, 6.45) is 0. The van der Waals surface area contributed by atoms with Crippen LogP contribution in [0.25, 0.3) is 0 Å². The number of benzene rings is 1. The fourth-order valence-corrected chi connectivity index (χ4v) is 2.11. The Balaban J connectivity index is 2.29. The van der Waals surface area contributed by atoms with Crippen LogP contribution in [0.1, 0.15) is 6.92 Å². The van der Waals surface area contributed by atoms with Gasteiger partial charge in [0.1, 0.15) is 0 Å². The lowest BCUT2D eigenvalue weighted by atomic mass is 10.1. The van der Waals surface area contributed by atoms with Crippen molar-refractivity contribution in [3.63, 3.8) is 0 Å². The van der Waals surface area contributed by atoms with E-state index in [4.69, 9.17) is 23.2 Å². The molecule has 1 heterocycles. The lowest BCUT2D eigenvalue weighted by molar-refractivity contribution is 0.672. The minimum atomic E-state index is 0.403. The highest BCUT2D eigenvalue weighted by Gasteiger charge is 2.22. The average Bonchev–Trinajstić information content (AvgIpc) is 2.32. The van der Waals surface area contributed by atoms with Gasteiger partial charge in [-0.25, -0.2) is 0 Å². The quantitative estimate of drug-likeness (QED) is 0.870. The molecular formula is C12H14Cl2N2. The molecule has 0 radical (unpaired) electrons. The highest BCUT2D eigenvalue weighted by atomic mass is 35.5. The SMILES string of the molecule is CC1CNc2ccccc2N1C/C(Cl)=C/Cl. The fraction of sp³-hybridized carbons (Fsp3) is 0.333. The van der Waals surface area contributed by atoms with Crippen LogP contribution >= 0.6 is 23.2 Å². The van der Waals surface area contributed by atoms with E-state index in [0.29, 0.717) is 17.6 Å². The van der Waals surface area contributed by atoms with Crippen LogP contribution in [0.15, 0.2) is 34.8 Å². The molecule has 0 bridgehead atoms. The van der Waals surface area contributed by atoms with Gasteiger partial charge in [-0.05, 0) is 19.1 Å². The number of para-hydroxylation sites is 2. The molecule has 1 aromatic rings. The molecule has 2 nitrogen and oxygen atoms in total. The van der Waals surface area contributed by atoms with E-state index in [0.717, 1.165) is 12.2 Å². The molecule has 0 amide bonds. The van der Waals surface area contributed by atoms with Crippen molar-refractivity contribution in [2.75, 3.05) is 23.3 Å². The third kappa shape index (κ3) is 2.28. The van der Waals surface area contributed by atoms with E-state index in [-0.39, 0.29) is 0 Å². The predicted octanol–water partition coefficient (Wildman–Crippen LogP) is 3.63. The highest BCUT2D eigenvalue weighted by Crippen LogP contribution is 2.31. The van der Waals surface area contributed by atoms with E-state index in [1.807, 2.05) is 12.1 Å². The number of rotatable bonds is 2. The summed E-state index contributed by atoms with van der Waals surface area (Å²) in [4.78, 5) is 2.26. The maximum Gasteiger partial charge on any atom is 0.0608 e. The smallest absolute Gasteiger partial charge is 0.0608 e. The zero-order chi connectivity index (χ0) is 11.5. The maximum atomic E-state index is 6.00. The molecule has 0 aromatic heterocycles. The third-order valence-electron chi connectivity index (χ3n) is 2.77. The second kappa shape index (κ2) is 4.98. The van der Waals surface area contributed by atoms with Gasteiger partial charge in [0.15, 0.2) is 0 Å². The molecule has 1 atom stereocenters. The van der Waals surface area contributed by atoms with Gasteiger partial charge in [-0.15, -0.1) is 0 Å². The molecule has 16 heavy (non-hydrogen) atoms. The third-order valence-corrected chi connectivity index (χ3v) is 3.38. The second-order valence-corrected chi connectivity index (χ2v) is 4.63. The molecule has 1 unspecified atom stereocenters. The number of hydrogen-bond donors (Lipinski definition) is 1. The first-order chi connectivity index (χ1) is 7.72. The molecule has 0 saturated heterocycles. The van der Waals surface area contributed by atoms with Crippen molar-refractivity contribution in [3.8, 4) is 0 Å². The highest BCUT2D eigenvalue weighted by molar-refractivity contribution is 6.36. The maximum absolute atomic E-state index is 6.00. The summed E-state index contributed by atoms with van der Waals surface area (Å²) in [5.41, 5.74) is 3.76. The Kier molecular flexibility index (Phi) is 3.62. The van der Waals surface area contributed by atoms with Crippen molar-refractivity contribution in [1.82, 2.24) is 0 Å². The number of nitrogens with one attached hydrogen (secondary N) is 1. The molecular weight excluding hydrogens is 243 g/mol. The average molecular weight is 257 g/mol. The van der Waals surface area contributed by atoms with Crippen LogP contribution in [0.4, 0.5) is 11.4 Å². The van der Waals surface area contributed by atoms with Crippen molar-refractivity contribution in [3.05, 3.63) is 34.8 Å². The molecule has 0 fully saturated rings. The second-order valence-electron chi connectivity index (χ2n) is 3.93. The molecule has 1 N–H and O–H groups in total. The Labute approximate surface area is 106 Å². The van der Waals surface area contributed by atoms with E-state index in [9.17, 15) is 0 Å². The Morgan fingerprint density at radius 1 is 1.56 bits per heavy atom. The minimum Gasteiger partial charge on any atom is -0.381 e. The standard InChI is InChI=1S/C12H14Cl2N2/c1-9-7-15-11-4-2-3-5-12(11)16(9)8-10(14)6-13/h2-6,9,15H,7-8H2,1H3/b10-6-. The van der Waals surface area contributed by atoms with Gasteiger partial charge in [-0.3, -0.25) is 0 Å². The molecule has 0 saturated carbocycles. The Morgan fingerprint density at radius 2 is 2.31 bits per heavy atom. The van der Waals surface area contributed by atoms with Crippen LogP contribution in [0.3, 0.4) is 0 Å². The summed E-state index contributed by atoms with van der Waals surface area (Å²) < 4.78 is 0. The van der Waals surface area contributed by atoms with Crippen molar-refractivity contribution in [2.45, 2.75) is 13.0 Å². The molecule has 86 valence electrons. The minimum absolute atomic E-state index is 0.403. The van der Waals surface area contributed by atoms with Gasteiger partial charge < -0.3 is 10.2 Å². The van der Waals surface area contributed by atoms with Crippen molar-refractivity contribution >= 4 is 34.6 Å². The lowest BCUT2D eigenvalue weighted by Crippen LogP contribution is -2.42. The number of hydrogen-bond acceptors (Lipinski definition) is 2. The summed E-state index contributed by atoms with van der Waals surface area (Å²) in [5, 5.41) is 4.05. The van der Waals surface area contributed by atoms with Gasteiger partial charge in [-0.2, -0.15) is 0 Å². The molecule has 4 heteroatoms. The fourth-order valence-electron chi connectivity index (χ4n) is 1.92. The Morgan fingerprint density at radius 3 is 3.06 bits per heavy atom. The van der Waals surface area contributed by atoms with E-state index in [2.05, 4.69) is 29.3 Å². The Bertz CT molecular complexity index is 404. The van der Waals surface area contributed by atoms with Crippen LogP contribution in [-0.4, -0.2) is 19.1 Å². The van der Waals surface area contributed by atoms with Crippen LogP contribution < -0.4 is 10.2 Å². The van der Waals surface area contributed by atoms with Gasteiger partial charge in [0.05, 0.1) is 17.9 Å². The van der Waals surface area contributed by atoms with E-state index < -0.39 is 0 Å². The predicted molar refractivity (Wildman–Crippen MR) is 71.5 cm³/mol. The first-order valence-electron chi connectivity index (χ1n) is 5.26. The van der Waals surface area contributed by atoms with Gasteiger partial charge in [-0.1, -0.05) is 35.3 Å². The Hall–Kier alpha value is -0.860. The lowest BCUT2D eigenvalue weighted by Gasteiger charge is -2.37. The molecule has 1 aliphatic rings. The van der Waals surface area contributed by atoms with Gasteiger partial charge in [0.25, 0.3) is 0 Å². The van der Waals surface area contributed by atoms with E-state index in [1.165, 1.54) is 11.2 Å². The van der Waals surface area contributed by atoms with Crippen LogP contribution in [0.5, 0.6) is 0 Å². The molecule has 0 aliphatic carbocycles. The zero-order valence-corrected chi connectivity index (χ0v) is 10.6. The van der Waals surface area contributed by atoms with Crippen LogP contribution in [-0.2, 0) is 0 Å². The summed E-state index contributed by atoms with van der Waals surface area (Å²) >= 11 is 11.6. The zero-order valence-electron chi connectivity index (χ0n) is 9.08. The molecule has 1 aromatic carbocycles. The van der Waals surface area contributed by atoms with Crippen molar-refractivity contribution in [2.24, 2.45) is 0 Å². The number of nitrogens with zero attached hydrogens (tertiary/aromatic N) is 1. The van der Waals surface area contributed by atoms with Crippen LogP contribution in [0, 0.1) is 0 Å². The van der Waals surface area contributed by atoms with Crippen molar-refractivity contribution in [1.29, 1.82) is 0 Å². The molecule has 0 spiro atoms. The van der Waals surface area contributed by atoms with Gasteiger partial charge in [0.2, 0.25) is 0 Å². The summed E-state index contributed by atoms with van der Waals surface area (Å²) in [7, 11) is 0. The normalized spacial score (nSPS) is 20.3. The monoisotopic (exact) mass is 256 g/mol. The van der Waals surface area contributed by atoms with Crippen molar-refractivity contribution < 1.29 is 0 Å². The number of halogens is 2. The first-order valence-corrected chi connectivity index (χ1v) is 6.08. The summed E-state index contributed by atoms with van der Waals surface area (Å²) in [6, 6.07) is 8.63. The topological polar surface area (TPSA) is 15.3 Å². The summed E-state index contributed by atoms with van der Waals surface area (Å²) in [6.45, 7) is 3.75.